The lowest BCUT2D eigenvalue weighted by atomic mass is 10.1. The smallest absolute Gasteiger partial charge is 0.222 e. The van der Waals surface area contributed by atoms with E-state index in [2.05, 4.69) is 25.7 Å². The third-order valence-electron chi connectivity index (χ3n) is 4.71. The Morgan fingerprint density at radius 3 is 3.08 bits per heavy atom. The molecule has 1 unspecified atom stereocenters. The molecule has 0 bridgehead atoms. The minimum absolute atomic E-state index is 0.0997. The van der Waals surface area contributed by atoms with Crippen molar-refractivity contribution in [1.82, 2.24) is 25.0 Å². The van der Waals surface area contributed by atoms with Crippen LogP contribution in [0.5, 0.6) is 0 Å². The summed E-state index contributed by atoms with van der Waals surface area (Å²) < 4.78 is 2.03. The standard InChI is InChI=1S/C17H23N5OS/c1-12-20-14(11-24-12)8-21-9-15-4-5-19-22(15)16(10-21)6-17(23)18-7-13-2-3-13/h4-5,11,13,16H,2-3,6-10H2,1H3,(H,18,23). The predicted molar refractivity (Wildman–Crippen MR) is 92.6 cm³/mol. The second-order valence-electron chi connectivity index (χ2n) is 6.90. The molecule has 128 valence electrons. The van der Waals surface area contributed by atoms with Gasteiger partial charge in [-0.1, -0.05) is 0 Å². The van der Waals surface area contributed by atoms with Crippen LogP contribution in [0.25, 0.3) is 0 Å². The first-order valence-electron chi connectivity index (χ1n) is 8.60. The molecular formula is C17H23N5OS. The van der Waals surface area contributed by atoms with Crippen LogP contribution in [-0.4, -0.2) is 38.7 Å². The lowest BCUT2D eigenvalue weighted by molar-refractivity contribution is -0.122. The molecule has 0 saturated heterocycles. The van der Waals surface area contributed by atoms with E-state index in [0.717, 1.165) is 36.9 Å². The van der Waals surface area contributed by atoms with Gasteiger partial charge in [-0.3, -0.25) is 14.4 Å². The summed E-state index contributed by atoms with van der Waals surface area (Å²) in [6.45, 7) is 5.39. The van der Waals surface area contributed by atoms with Gasteiger partial charge < -0.3 is 5.32 Å². The topological polar surface area (TPSA) is 63.1 Å². The van der Waals surface area contributed by atoms with E-state index in [4.69, 9.17) is 0 Å². The lowest BCUT2D eigenvalue weighted by Crippen LogP contribution is -2.40. The van der Waals surface area contributed by atoms with E-state index in [1.807, 2.05) is 23.9 Å². The van der Waals surface area contributed by atoms with Gasteiger partial charge in [0, 0.05) is 37.8 Å². The van der Waals surface area contributed by atoms with Crippen LogP contribution in [-0.2, 0) is 17.9 Å². The number of fused-ring (bicyclic) bond motifs is 1. The third-order valence-corrected chi connectivity index (χ3v) is 5.53. The summed E-state index contributed by atoms with van der Waals surface area (Å²) in [7, 11) is 0. The van der Waals surface area contributed by atoms with Crippen LogP contribution >= 0.6 is 11.3 Å². The highest BCUT2D eigenvalue weighted by Gasteiger charge is 2.28. The number of carbonyl (C=O) groups excluding carboxylic acids is 1. The van der Waals surface area contributed by atoms with Crippen LogP contribution in [0.15, 0.2) is 17.6 Å². The highest BCUT2D eigenvalue weighted by molar-refractivity contribution is 7.09. The van der Waals surface area contributed by atoms with Crippen LogP contribution in [0.4, 0.5) is 0 Å². The zero-order valence-electron chi connectivity index (χ0n) is 13.9. The number of hydrogen-bond donors (Lipinski definition) is 1. The van der Waals surface area contributed by atoms with Crippen LogP contribution in [0.2, 0.25) is 0 Å². The van der Waals surface area contributed by atoms with Gasteiger partial charge in [-0.25, -0.2) is 4.98 Å². The number of nitrogens with one attached hydrogen (secondary N) is 1. The van der Waals surface area contributed by atoms with Gasteiger partial charge >= 0.3 is 0 Å². The van der Waals surface area contributed by atoms with Crippen molar-refractivity contribution >= 4 is 17.2 Å². The number of amides is 1. The van der Waals surface area contributed by atoms with Gasteiger partial charge in [0.15, 0.2) is 0 Å². The van der Waals surface area contributed by atoms with Crippen molar-refractivity contribution in [3.63, 3.8) is 0 Å². The van der Waals surface area contributed by atoms with Gasteiger partial charge in [-0.15, -0.1) is 11.3 Å². The molecule has 1 fully saturated rings. The maximum atomic E-state index is 12.3. The molecule has 1 aliphatic carbocycles. The molecule has 1 saturated carbocycles. The zero-order valence-corrected chi connectivity index (χ0v) is 14.8. The molecule has 0 spiro atoms. The van der Waals surface area contributed by atoms with Gasteiger partial charge in [-0.2, -0.15) is 5.10 Å². The summed E-state index contributed by atoms with van der Waals surface area (Å²) in [5, 5.41) is 10.7. The van der Waals surface area contributed by atoms with Crippen molar-refractivity contribution in [2.75, 3.05) is 13.1 Å². The second-order valence-corrected chi connectivity index (χ2v) is 7.96. The van der Waals surface area contributed by atoms with Gasteiger partial charge in [-0.05, 0) is 31.7 Å². The summed E-state index contributed by atoms with van der Waals surface area (Å²) in [6.07, 6.45) is 4.84. The quantitative estimate of drug-likeness (QED) is 0.871. The molecule has 1 atom stereocenters. The van der Waals surface area contributed by atoms with E-state index in [0.29, 0.717) is 12.3 Å². The van der Waals surface area contributed by atoms with E-state index < -0.39 is 0 Å². The Morgan fingerprint density at radius 2 is 2.33 bits per heavy atom. The summed E-state index contributed by atoms with van der Waals surface area (Å²) in [4.78, 5) is 19.2. The monoisotopic (exact) mass is 345 g/mol. The summed E-state index contributed by atoms with van der Waals surface area (Å²) in [5.41, 5.74) is 2.29. The number of hydrogen-bond acceptors (Lipinski definition) is 5. The molecular weight excluding hydrogens is 322 g/mol. The summed E-state index contributed by atoms with van der Waals surface area (Å²) in [5.74, 6) is 0.852. The fraction of sp³-hybridized carbons (Fsp3) is 0.588. The average molecular weight is 345 g/mol. The Labute approximate surface area is 145 Å². The molecule has 1 N–H and O–H groups in total. The number of nitrogens with zero attached hydrogens (tertiary/aromatic N) is 4. The van der Waals surface area contributed by atoms with Gasteiger partial charge in [0.2, 0.25) is 5.91 Å². The van der Waals surface area contributed by atoms with E-state index in [1.165, 1.54) is 18.5 Å². The molecule has 1 aliphatic heterocycles. The number of aromatic nitrogens is 3. The minimum atomic E-state index is 0.0997. The van der Waals surface area contributed by atoms with E-state index in [9.17, 15) is 4.79 Å². The highest BCUT2D eigenvalue weighted by Crippen LogP contribution is 2.28. The van der Waals surface area contributed by atoms with Crippen molar-refractivity contribution in [2.24, 2.45) is 5.92 Å². The molecule has 0 aromatic carbocycles. The Morgan fingerprint density at radius 1 is 1.46 bits per heavy atom. The van der Waals surface area contributed by atoms with Crippen molar-refractivity contribution in [2.45, 2.75) is 45.3 Å². The number of aryl methyl sites for hydroxylation is 1. The molecule has 24 heavy (non-hydrogen) atoms. The Kier molecular flexibility index (Phi) is 4.37. The van der Waals surface area contributed by atoms with E-state index >= 15 is 0 Å². The van der Waals surface area contributed by atoms with Crippen molar-refractivity contribution in [3.8, 4) is 0 Å². The fourth-order valence-corrected chi connectivity index (χ4v) is 3.92. The zero-order chi connectivity index (χ0) is 16.5. The van der Waals surface area contributed by atoms with Gasteiger partial charge in [0.05, 0.1) is 28.9 Å². The Hall–Kier alpha value is -1.73. The summed E-state index contributed by atoms with van der Waals surface area (Å²) in [6, 6.07) is 2.15. The van der Waals surface area contributed by atoms with Crippen molar-refractivity contribution < 1.29 is 4.79 Å². The van der Waals surface area contributed by atoms with Crippen LogP contribution < -0.4 is 5.32 Å². The summed E-state index contributed by atoms with van der Waals surface area (Å²) >= 11 is 1.69. The van der Waals surface area contributed by atoms with Crippen LogP contribution in [0, 0.1) is 12.8 Å². The molecule has 4 rings (SSSR count). The normalized spacial score (nSPS) is 20.8. The highest BCUT2D eigenvalue weighted by atomic mass is 32.1. The van der Waals surface area contributed by atoms with E-state index in [-0.39, 0.29) is 11.9 Å². The van der Waals surface area contributed by atoms with Gasteiger partial charge in [0.25, 0.3) is 0 Å². The molecule has 6 nitrogen and oxygen atoms in total. The Balaban J connectivity index is 1.41. The van der Waals surface area contributed by atoms with Crippen LogP contribution in [0.1, 0.15) is 41.7 Å². The van der Waals surface area contributed by atoms with Crippen molar-refractivity contribution in [3.05, 3.63) is 34.0 Å². The first kappa shape index (κ1) is 15.8. The number of thiazole rings is 1. The first-order chi connectivity index (χ1) is 11.7. The molecule has 0 radical (unpaired) electrons. The molecule has 7 heteroatoms. The van der Waals surface area contributed by atoms with Crippen molar-refractivity contribution in [1.29, 1.82) is 0 Å². The Bertz CT molecular complexity index is 720. The molecule has 1 amide bonds. The van der Waals surface area contributed by atoms with Crippen LogP contribution in [0.3, 0.4) is 0 Å². The molecule has 2 aliphatic rings. The minimum Gasteiger partial charge on any atom is -0.356 e. The van der Waals surface area contributed by atoms with Gasteiger partial charge in [0.1, 0.15) is 0 Å². The lowest BCUT2D eigenvalue weighted by Gasteiger charge is -2.33. The maximum Gasteiger partial charge on any atom is 0.222 e. The molecule has 3 heterocycles. The SMILES string of the molecule is Cc1nc(CN2Cc3ccnn3C(CC(=O)NCC3CC3)C2)cs1. The first-order valence-corrected chi connectivity index (χ1v) is 9.48. The number of carbonyl (C=O) groups is 1. The average Bonchev–Trinajstić information content (AvgIpc) is 3.11. The van der Waals surface area contributed by atoms with E-state index in [1.54, 1.807) is 11.3 Å². The maximum absolute atomic E-state index is 12.3. The number of rotatable bonds is 6. The predicted octanol–water partition coefficient (Wildman–Crippen LogP) is 2.12. The largest absolute Gasteiger partial charge is 0.356 e. The molecule has 2 aromatic heterocycles. The third kappa shape index (κ3) is 3.67. The molecule has 2 aromatic rings. The fourth-order valence-electron chi connectivity index (χ4n) is 3.31. The second kappa shape index (κ2) is 6.64.